The van der Waals surface area contributed by atoms with Crippen molar-refractivity contribution in [1.82, 2.24) is 15.2 Å². The van der Waals surface area contributed by atoms with E-state index in [1.165, 1.54) is 23.7 Å². The molecule has 1 N–H and O–H groups in total. The number of aryl methyl sites for hydroxylation is 1. The second-order valence-electron chi connectivity index (χ2n) is 5.55. The maximum absolute atomic E-state index is 4.53. The minimum Gasteiger partial charge on any atom is -0.310 e. The summed E-state index contributed by atoms with van der Waals surface area (Å²) in [5, 5.41) is 6.97. The Labute approximate surface area is 108 Å². The smallest absolute Gasteiger partial charge is 0.0897 e. The Morgan fingerprint density at radius 3 is 3.06 bits per heavy atom. The topological polar surface area (TPSA) is 28.2 Å². The number of nitrogens with zero attached hydrogens (tertiary/aromatic N) is 2. The molecule has 0 radical (unpaired) electrons. The minimum absolute atomic E-state index is 0.245. The van der Waals surface area contributed by atoms with Gasteiger partial charge in [0.1, 0.15) is 0 Å². The number of nitrogens with one attached hydrogen (secondary N) is 1. The van der Waals surface area contributed by atoms with Gasteiger partial charge in [0.25, 0.3) is 0 Å². The zero-order valence-corrected chi connectivity index (χ0v) is 11.9. The normalized spacial score (nSPS) is 21.4. The summed E-state index contributed by atoms with van der Waals surface area (Å²) in [7, 11) is 0. The van der Waals surface area contributed by atoms with Gasteiger partial charge in [-0.1, -0.05) is 0 Å². The molecule has 1 aliphatic rings. The molecular weight excluding hydrogens is 230 g/mol. The lowest BCUT2D eigenvalue weighted by Crippen LogP contribution is -2.46. The standard InChI is InChI=1S/C13H23N3S/c1-11-15-12(9-17-11)5-8-16-7-4-6-14-13(2,3)10-16/h9,14H,4-8,10H2,1-3H3. The van der Waals surface area contributed by atoms with Crippen LogP contribution in [-0.2, 0) is 6.42 Å². The fourth-order valence-electron chi connectivity index (χ4n) is 2.41. The molecule has 1 fully saturated rings. The summed E-state index contributed by atoms with van der Waals surface area (Å²) in [5.41, 5.74) is 1.50. The van der Waals surface area contributed by atoms with Crippen molar-refractivity contribution < 1.29 is 0 Å². The van der Waals surface area contributed by atoms with Gasteiger partial charge in [-0.2, -0.15) is 0 Å². The molecule has 2 heterocycles. The van der Waals surface area contributed by atoms with Crippen LogP contribution < -0.4 is 5.32 Å². The van der Waals surface area contributed by atoms with Gasteiger partial charge >= 0.3 is 0 Å². The van der Waals surface area contributed by atoms with E-state index in [4.69, 9.17) is 0 Å². The van der Waals surface area contributed by atoms with E-state index in [0.29, 0.717) is 0 Å². The summed E-state index contributed by atoms with van der Waals surface area (Å²) in [4.78, 5) is 7.10. The summed E-state index contributed by atoms with van der Waals surface area (Å²) in [6, 6.07) is 0. The van der Waals surface area contributed by atoms with Crippen molar-refractivity contribution in [3.05, 3.63) is 16.1 Å². The van der Waals surface area contributed by atoms with E-state index in [1.54, 1.807) is 11.3 Å². The Kier molecular flexibility index (Phi) is 4.17. The van der Waals surface area contributed by atoms with Gasteiger partial charge in [0.2, 0.25) is 0 Å². The minimum atomic E-state index is 0.245. The molecule has 0 bridgehead atoms. The average Bonchev–Trinajstić information content (AvgIpc) is 2.58. The maximum atomic E-state index is 4.53. The molecule has 3 nitrogen and oxygen atoms in total. The lowest BCUT2D eigenvalue weighted by atomic mass is 10.1. The van der Waals surface area contributed by atoms with Crippen molar-refractivity contribution in [3.8, 4) is 0 Å². The van der Waals surface area contributed by atoms with Crippen LogP contribution in [0.4, 0.5) is 0 Å². The average molecular weight is 253 g/mol. The molecule has 96 valence electrons. The first-order valence-corrected chi connectivity index (χ1v) is 7.31. The second kappa shape index (κ2) is 5.46. The van der Waals surface area contributed by atoms with E-state index in [1.807, 2.05) is 0 Å². The molecule has 1 saturated heterocycles. The van der Waals surface area contributed by atoms with Gasteiger partial charge in [-0.25, -0.2) is 4.98 Å². The van der Waals surface area contributed by atoms with Gasteiger partial charge in [-0.3, -0.25) is 0 Å². The van der Waals surface area contributed by atoms with Crippen LogP contribution in [0.25, 0.3) is 0 Å². The first kappa shape index (κ1) is 13.0. The quantitative estimate of drug-likeness (QED) is 0.894. The Bertz CT molecular complexity index is 359. The highest BCUT2D eigenvalue weighted by Gasteiger charge is 2.23. The molecule has 0 unspecified atom stereocenters. The molecule has 0 amide bonds. The van der Waals surface area contributed by atoms with Gasteiger partial charge in [-0.05, 0) is 40.3 Å². The molecule has 17 heavy (non-hydrogen) atoms. The molecule has 2 rings (SSSR count). The molecule has 0 aromatic carbocycles. The Morgan fingerprint density at radius 2 is 2.35 bits per heavy atom. The summed E-state index contributed by atoms with van der Waals surface area (Å²) in [6.07, 6.45) is 2.33. The Balaban J connectivity index is 1.85. The zero-order chi connectivity index (χ0) is 12.3. The van der Waals surface area contributed by atoms with Crippen LogP contribution >= 0.6 is 11.3 Å². The highest BCUT2D eigenvalue weighted by Crippen LogP contribution is 2.13. The summed E-state index contributed by atoms with van der Waals surface area (Å²) < 4.78 is 0. The number of aromatic nitrogens is 1. The van der Waals surface area contributed by atoms with E-state index in [0.717, 1.165) is 26.1 Å². The van der Waals surface area contributed by atoms with Crippen LogP contribution in [-0.4, -0.2) is 41.6 Å². The van der Waals surface area contributed by atoms with Gasteiger partial charge < -0.3 is 10.2 Å². The molecule has 1 aliphatic heterocycles. The van der Waals surface area contributed by atoms with Gasteiger partial charge in [0.05, 0.1) is 10.7 Å². The van der Waals surface area contributed by atoms with Crippen molar-refractivity contribution in [1.29, 1.82) is 0 Å². The van der Waals surface area contributed by atoms with Crippen molar-refractivity contribution >= 4 is 11.3 Å². The lowest BCUT2D eigenvalue weighted by molar-refractivity contribution is 0.233. The predicted octanol–water partition coefficient (Wildman–Crippen LogP) is 2.07. The van der Waals surface area contributed by atoms with E-state index in [2.05, 4.69) is 41.4 Å². The van der Waals surface area contributed by atoms with Crippen LogP contribution in [0.5, 0.6) is 0 Å². The maximum Gasteiger partial charge on any atom is 0.0897 e. The van der Waals surface area contributed by atoms with Crippen molar-refractivity contribution in [3.63, 3.8) is 0 Å². The van der Waals surface area contributed by atoms with Crippen LogP contribution in [0, 0.1) is 6.92 Å². The number of hydrogen-bond donors (Lipinski definition) is 1. The fourth-order valence-corrected chi connectivity index (χ4v) is 3.06. The largest absolute Gasteiger partial charge is 0.310 e. The molecule has 1 aromatic heterocycles. The van der Waals surface area contributed by atoms with Crippen molar-refractivity contribution in [2.24, 2.45) is 0 Å². The molecule has 1 aromatic rings. The van der Waals surface area contributed by atoms with E-state index in [-0.39, 0.29) is 5.54 Å². The number of thiazole rings is 1. The molecule has 0 aliphatic carbocycles. The highest BCUT2D eigenvalue weighted by atomic mass is 32.1. The van der Waals surface area contributed by atoms with Gasteiger partial charge in [0.15, 0.2) is 0 Å². The third-order valence-electron chi connectivity index (χ3n) is 3.22. The molecule has 4 heteroatoms. The first-order chi connectivity index (χ1) is 8.05. The second-order valence-corrected chi connectivity index (χ2v) is 6.61. The van der Waals surface area contributed by atoms with Gasteiger partial charge in [0, 0.05) is 30.4 Å². The van der Waals surface area contributed by atoms with Crippen LogP contribution in [0.1, 0.15) is 31.0 Å². The highest BCUT2D eigenvalue weighted by molar-refractivity contribution is 7.09. The van der Waals surface area contributed by atoms with Crippen molar-refractivity contribution in [2.75, 3.05) is 26.2 Å². The van der Waals surface area contributed by atoms with E-state index in [9.17, 15) is 0 Å². The van der Waals surface area contributed by atoms with Gasteiger partial charge in [-0.15, -0.1) is 11.3 Å². The Hall–Kier alpha value is -0.450. The fraction of sp³-hybridized carbons (Fsp3) is 0.769. The lowest BCUT2D eigenvalue weighted by Gasteiger charge is -2.29. The molecular formula is C13H23N3S. The van der Waals surface area contributed by atoms with Crippen LogP contribution in [0.15, 0.2) is 5.38 Å². The van der Waals surface area contributed by atoms with Crippen LogP contribution in [0.3, 0.4) is 0 Å². The SMILES string of the molecule is Cc1nc(CCN2CCCNC(C)(C)C2)cs1. The predicted molar refractivity (Wildman–Crippen MR) is 73.7 cm³/mol. The summed E-state index contributed by atoms with van der Waals surface area (Å²) in [5.74, 6) is 0. The van der Waals surface area contributed by atoms with E-state index < -0.39 is 0 Å². The monoisotopic (exact) mass is 253 g/mol. The number of rotatable bonds is 3. The summed E-state index contributed by atoms with van der Waals surface area (Å²) in [6.45, 7) is 11.3. The third-order valence-corrected chi connectivity index (χ3v) is 4.05. The van der Waals surface area contributed by atoms with E-state index >= 15 is 0 Å². The molecule has 0 atom stereocenters. The molecule has 0 saturated carbocycles. The zero-order valence-electron chi connectivity index (χ0n) is 11.1. The Morgan fingerprint density at radius 1 is 1.53 bits per heavy atom. The first-order valence-electron chi connectivity index (χ1n) is 6.44. The molecule has 0 spiro atoms. The van der Waals surface area contributed by atoms with Crippen molar-refractivity contribution in [2.45, 2.75) is 39.2 Å². The third kappa shape index (κ3) is 4.05. The number of hydrogen-bond acceptors (Lipinski definition) is 4. The van der Waals surface area contributed by atoms with Crippen LogP contribution in [0.2, 0.25) is 0 Å². The summed E-state index contributed by atoms with van der Waals surface area (Å²) >= 11 is 1.75.